The van der Waals surface area contributed by atoms with E-state index in [2.05, 4.69) is 98.4 Å². The van der Waals surface area contributed by atoms with Gasteiger partial charge in [0.2, 0.25) is 0 Å². The van der Waals surface area contributed by atoms with Crippen LogP contribution in [0.4, 0.5) is 0 Å². The number of rotatable bonds is 12. The van der Waals surface area contributed by atoms with Crippen LogP contribution in [0.1, 0.15) is 134 Å². The largest absolute Gasteiger partial charge is 0.507 e. The average molecular weight is 877 g/mol. The molecule has 1 fully saturated rings. The number of phenols is 2. The number of hydrogen-bond acceptors (Lipinski definition) is 8. The molecular weight excluding hydrogens is 807 g/mol. The number of para-hydroxylation sites is 1. The van der Waals surface area contributed by atoms with Gasteiger partial charge in [0.15, 0.2) is 0 Å². The number of aliphatic imine (C=N–C) groups is 2. The van der Waals surface area contributed by atoms with Crippen LogP contribution in [0.2, 0.25) is 0 Å². The summed E-state index contributed by atoms with van der Waals surface area (Å²) < 4.78 is 2.59. The molecule has 1 aliphatic carbocycles. The molecule has 3 aromatic rings. The fourth-order valence-corrected chi connectivity index (χ4v) is 8.28. The van der Waals surface area contributed by atoms with Crippen LogP contribution in [0.25, 0.3) is 0 Å². The third kappa shape index (κ3) is 14.5. The summed E-state index contributed by atoms with van der Waals surface area (Å²) in [5.41, 5.74) is 5.84. The van der Waals surface area contributed by atoms with Gasteiger partial charge in [-0.25, -0.2) is 0 Å². The van der Waals surface area contributed by atoms with E-state index in [0.29, 0.717) is 11.5 Å². The number of carboxylic acids is 2. The summed E-state index contributed by atoms with van der Waals surface area (Å²) in [5.74, 6) is -0.568. The van der Waals surface area contributed by atoms with Gasteiger partial charge in [0.05, 0.1) is 51.4 Å². The van der Waals surface area contributed by atoms with Crippen LogP contribution >= 0.6 is 0 Å². The van der Waals surface area contributed by atoms with Crippen molar-refractivity contribution >= 4 is 30.3 Å². The molecule has 2 heterocycles. The van der Waals surface area contributed by atoms with Crippen molar-refractivity contribution in [3.63, 3.8) is 0 Å². The molecule has 4 N–H and O–H groups in total. The van der Waals surface area contributed by atoms with Crippen LogP contribution in [0.3, 0.4) is 0 Å². The number of nitrogens with zero attached hydrogens (tertiary/aromatic N) is 5. The fourth-order valence-electron chi connectivity index (χ4n) is 8.28. The molecule has 2 unspecified atom stereocenters. The molecule has 3 aromatic carbocycles. The average Bonchev–Trinajstić information content (AvgIpc) is 3.17. The zero-order chi connectivity index (χ0) is 42.7. The number of aromatic hydroxyl groups is 2. The molecule has 332 valence electrons. The number of aryl methyl sites for hydroxylation is 1. The second-order valence-electron chi connectivity index (χ2n) is 18.2. The summed E-state index contributed by atoms with van der Waals surface area (Å²) in [7, 11) is 0. The molecule has 2 aliphatic heterocycles. The Balaban J connectivity index is 0.00000101. The minimum absolute atomic E-state index is 0. The minimum Gasteiger partial charge on any atom is -0.507 e. The van der Waals surface area contributed by atoms with E-state index in [1.807, 2.05) is 30.6 Å². The molecule has 3 aliphatic rings. The van der Waals surface area contributed by atoms with Gasteiger partial charge in [-0.05, 0) is 70.9 Å². The minimum atomic E-state index is -1.31. The van der Waals surface area contributed by atoms with E-state index in [1.165, 1.54) is 29.9 Å². The molecule has 0 aromatic heterocycles. The molecule has 0 bridgehead atoms. The van der Waals surface area contributed by atoms with Gasteiger partial charge in [0.25, 0.3) is 0 Å². The van der Waals surface area contributed by atoms with Crippen molar-refractivity contribution in [2.45, 2.75) is 136 Å². The predicted molar refractivity (Wildman–Crippen MR) is 242 cm³/mol. The number of phenolic OH excluding ortho intramolecular Hbond substituents is 2. The van der Waals surface area contributed by atoms with Crippen molar-refractivity contribution in [3.05, 3.63) is 94.0 Å². The first-order chi connectivity index (χ1) is 28.0. The number of benzene rings is 3. The third-order valence-electron chi connectivity index (χ3n) is 11.4. The van der Waals surface area contributed by atoms with Crippen LogP contribution in [-0.4, -0.2) is 110 Å². The number of aliphatic carboxylic acids is 2. The number of carboxylic acid groups (broad SMARTS) is 2. The quantitative estimate of drug-likeness (QED) is 0.0803. The second-order valence-corrected chi connectivity index (χ2v) is 18.2. The molecule has 2 atom stereocenters. The van der Waals surface area contributed by atoms with Crippen LogP contribution in [0, 0.1) is 0 Å². The summed E-state index contributed by atoms with van der Waals surface area (Å²) in [6.45, 7) is 19.4. The first kappa shape index (κ1) is 50.7. The summed E-state index contributed by atoms with van der Waals surface area (Å²) in [6.07, 6.45) is 11.3. The Kier molecular flexibility index (Phi) is 19.1. The van der Waals surface area contributed by atoms with E-state index in [0.717, 1.165) is 100 Å². The Labute approximate surface area is 375 Å². The Morgan fingerprint density at radius 3 is 1.90 bits per heavy atom. The van der Waals surface area contributed by atoms with Gasteiger partial charge < -0.3 is 20.4 Å². The summed E-state index contributed by atoms with van der Waals surface area (Å²) in [5, 5.41) is 38.1. The van der Waals surface area contributed by atoms with Crippen LogP contribution < -0.4 is 0 Å². The predicted octanol–water partition coefficient (Wildman–Crippen LogP) is 8.63. The SMILES string of the molecule is C.CC(C)(C)c1cc(C=NC2CCCCC2N=Cc2cccc(C(C)(C)C)c2O)c(O)c(CCCN2CCC[N+]3=C2N(Cc2ccccc2)CCC3)c1.O=C(O)CC(=O)O.[Cr]. The van der Waals surface area contributed by atoms with E-state index < -0.39 is 18.4 Å². The maximum Gasteiger partial charge on any atom is 0.350 e. The van der Waals surface area contributed by atoms with Crippen molar-refractivity contribution in [1.29, 1.82) is 0 Å². The van der Waals surface area contributed by atoms with Gasteiger partial charge in [-0.15, -0.1) is 0 Å². The van der Waals surface area contributed by atoms with Crippen molar-refractivity contribution in [2.75, 3.05) is 32.7 Å². The van der Waals surface area contributed by atoms with Crippen molar-refractivity contribution < 1.29 is 52.0 Å². The molecule has 11 nitrogen and oxygen atoms in total. The van der Waals surface area contributed by atoms with Crippen LogP contribution in [-0.2, 0) is 50.7 Å². The number of carbonyl (C=O) groups is 2. The first-order valence-corrected chi connectivity index (χ1v) is 21.4. The molecule has 12 heteroatoms. The van der Waals surface area contributed by atoms with Gasteiger partial charge in [-0.3, -0.25) is 33.9 Å². The van der Waals surface area contributed by atoms with Gasteiger partial charge in [-0.1, -0.05) is 110 Å². The first-order valence-electron chi connectivity index (χ1n) is 21.4. The second kappa shape index (κ2) is 23.0. The fraction of sp³-hybridized carbons (Fsp3) is 0.531. The van der Waals surface area contributed by atoms with Gasteiger partial charge >= 0.3 is 17.9 Å². The van der Waals surface area contributed by atoms with E-state index >= 15 is 0 Å². The summed E-state index contributed by atoms with van der Waals surface area (Å²) >= 11 is 0. The van der Waals surface area contributed by atoms with E-state index in [-0.39, 0.29) is 47.7 Å². The molecule has 6 rings (SSSR count). The molecule has 0 radical (unpaired) electrons. The van der Waals surface area contributed by atoms with E-state index in [4.69, 9.17) is 20.2 Å². The van der Waals surface area contributed by atoms with Gasteiger partial charge in [0.1, 0.15) is 17.9 Å². The zero-order valence-electron chi connectivity index (χ0n) is 36.4. The van der Waals surface area contributed by atoms with Crippen LogP contribution in [0.5, 0.6) is 11.5 Å². The molecule has 61 heavy (non-hydrogen) atoms. The van der Waals surface area contributed by atoms with Gasteiger partial charge in [0, 0.05) is 53.8 Å². The number of hydrogen-bond donors (Lipinski definition) is 4. The standard InChI is InChI=1S/C45H61N5O2.C3H4O4.CH4.Cr/c1-44(2,3)37-28-34(19-13-23-48-24-14-25-49-26-15-27-50(43(48)49)32-33-16-8-7-9-17-33)41(51)36(29-37)31-47-40-22-11-10-21-39(40)46-30-35-18-12-20-38(42(35)52)45(4,5)6;4-2(5)1-3(6)7;;/h7-9,12,16-18,20,28-31,39-40H,10-11,13-15,19,21-27,32H2,1-6H3,(H-,46,47,51,52);1H2,(H,4,5)(H,6,7);1H4;/p+1. The summed E-state index contributed by atoms with van der Waals surface area (Å²) in [4.78, 5) is 34.1. The monoisotopic (exact) mass is 876 g/mol. The maximum absolute atomic E-state index is 11.7. The van der Waals surface area contributed by atoms with Crippen LogP contribution in [0.15, 0.2) is 70.6 Å². The Bertz CT molecular complexity index is 1990. The van der Waals surface area contributed by atoms with E-state index in [9.17, 15) is 19.8 Å². The van der Waals surface area contributed by atoms with Crippen molar-refractivity contribution in [3.8, 4) is 11.5 Å². The van der Waals surface area contributed by atoms with Crippen molar-refractivity contribution in [2.24, 2.45) is 9.98 Å². The Morgan fingerprint density at radius 2 is 1.34 bits per heavy atom. The van der Waals surface area contributed by atoms with Gasteiger partial charge in [-0.2, -0.15) is 0 Å². The normalized spacial score (nSPS) is 18.2. The molecular formula is C49H70CrN5O6+. The molecule has 0 spiro atoms. The Hall–Kier alpha value is -4.66. The van der Waals surface area contributed by atoms with Crippen molar-refractivity contribution in [1.82, 2.24) is 9.80 Å². The molecule has 1 saturated carbocycles. The van der Waals surface area contributed by atoms with E-state index in [1.54, 1.807) is 0 Å². The maximum atomic E-state index is 11.7. The smallest absolute Gasteiger partial charge is 0.350 e. The topological polar surface area (TPSA) is 149 Å². The third-order valence-corrected chi connectivity index (χ3v) is 11.4. The number of guanidine groups is 1. The zero-order valence-corrected chi connectivity index (χ0v) is 37.7. The summed E-state index contributed by atoms with van der Waals surface area (Å²) in [6, 6.07) is 21.2. The molecule has 0 amide bonds. The Morgan fingerprint density at radius 1 is 0.754 bits per heavy atom. The molecule has 0 saturated heterocycles.